The standard InChI is InChI=1S/C14H15F2NO3/c1-14(13(19)20)4-6-17(7-5-14)12(18)10-3-2-9(15)8-11(10)16/h2-3,8H,4-7H2,1H3,(H,19,20). The molecule has 0 unspecified atom stereocenters. The molecule has 20 heavy (non-hydrogen) atoms. The van der Waals surface area contributed by atoms with Gasteiger partial charge in [-0.3, -0.25) is 9.59 Å². The van der Waals surface area contributed by atoms with Gasteiger partial charge in [0.25, 0.3) is 5.91 Å². The first-order valence-corrected chi connectivity index (χ1v) is 6.31. The fourth-order valence-corrected chi connectivity index (χ4v) is 2.25. The molecular weight excluding hydrogens is 268 g/mol. The van der Waals surface area contributed by atoms with Crippen LogP contribution < -0.4 is 0 Å². The van der Waals surface area contributed by atoms with Crippen molar-refractivity contribution < 1.29 is 23.5 Å². The van der Waals surface area contributed by atoms with Gasteiger partial charge in [0.1, 0.15) is 11.6 Å². The molecule has 0 bridgehead atoms. The number of aliphatic carboxylic acids is 1. The van der Waals surface area contributed by atoms with E-state index in [0.29, 0.717) is 18.9 Å². The zero-order valence-electron chi connectivity index (χ0n) is 11.0. The summed E-state index contributed by atoms with van der Waals surface area (Å²) in [7, 11) is 0. The number of benzene rings is 1. The molecule has 0 radical (unpaired) electrons. The number of carbonyl (C=O) groups excluding carboxylic acids is 1. The van der Waals surface area contributed by atoms with Crippen LogP contribution >= 0.6 is 0 Å². The Labute approximate surface area is 115 Å². The molecule has 1 aliphatic rings. The molecular formula is C14H15F2NO3. The molecule has 1 N–H and O–H groups in total. The fraction of sp³-hybridized carbons (Fsp3) is 0.429. The maximum atomic E-state index is 13.6. The summed E-state index contributed by atoms with van der Waals surface area (Å²) in [5.41, 5.74) is -1.04. The van der Waals surface area contributed by atoms with E-state index in [9.17, 15) is 18.4 Å². The van der Waals surface area contributed by atoms with Crippen molar-refractivity contribution in [3.05, 3.63) is 35.4 Å². The minimum atomic E-state index is -0.901. The minimum absolute atomic E-state index is 0.190. The van der Waals surface area contributed by atoms with Crippen LogP contribution in [0.1, 0.15) is 30.1 Å². The molecule has 1 saturated heterocycles. The summed E-state index contributed by atoms with van der Waals surface area (Å²) >= 11 is 0. The summed E-state index contributed by atoms with van der Waals surface area (Å²) in [4.78, 5) is 24.6. The number of carbonyl (C=O) groups is 2. The van der Waals surface area contributed by atoms with Crippen LogP contribution in [0.2, 0.25) is 0 Å². The second-order valence-corrected chi connectivity index (χ2v) is 5.28. The number of likely N-dealkylation sites (tertiary alicyclic amines) is 1. The molecule has 1 aliphatic heterocycles. The lowest BCUT2D eigenvalue weighted by molar-refractivity contribution is -0.150. The predicted molar refractivity (Wildman–Crippen MR) is 67.2 cm³/mol. The van der Waals surface area contributed by atoms with Gasteiger partial charge in [-0.2, -0.15) is 0 Å². The summed E-state index contributed by atoms with van der Waals surface area (Å²) in [6.07, 6.45) is 0.633. The molecule has 0 aliphatic carbocycles. The number of nitrogens with zero attached hydrogens (tertiary/aromatic N) is 1. The van der Waals surface area contributed by atoms with Crippen LogP contribution in [-0.2, 0) is 4.79 Å². The van der Waals surface area contributed by atoms with E-state index in [1.165, 1.54) is 4.90 Å². The third-order valence-corrected chi connectivity index (χ3v) is 3.83. The van der Waals surface area contributed by atoms with E-state index in [2.05, 4.69) is 0 Å². The second kappa shape index (κ2) is 5.19. The first kappa shape index (κ1) is 14.4. The molecule has 0 saturated carbocycles. The SMILES string of the molecule is CC1(C(=O)O)CCN(C(=O)c2ccc(F)cc2F)CC1. The van der Waals surface area contributed by atoms with Gasteiger partial charge in [-0.15, -0.1) is 0 Å². The number of halogens is 2. The number of carboxylic acids is 1. The Morgan fingerprint density at radius 2 is 1.85 bits per heavy atom. The summed E-state index contributed by atoms with van der Waals surface area (Å²) in [5, 5.41) is 9.11. The van der Waals surface area contributed by atoms with E-state index < -0.39 is 28.9 Å². The number of piperidine rings is 1. The molecule has 0 atom stereocenters. The summed E-state index contributed by atoms with van der Waals surface area (Å²) in [6.45, 7) is 2.13. The normalized spacial score (nSPS) is 17.9. The van der Waals surface area contributed by atoms with E-state index in [4.69, 9.17) is 5.11 Å². The minimum Gasteiger partial charge on any atom is -0.481 e. The van der Waals surface area contributed by atoms with Crippen molar-refractivity contribution in [2.75, 3.05) is 13.1 Å². The monoisotopic (exact) mass is 283 g/mol. The van der Waals surface area contributed by atoms with Crippen molar-refractivity contribution in [1.82, 2.24) is 4.90 Å². The second-order valence-electron chi connectivity index (χ2n) is 5.28. The zero-order chi connectivity index (χ0) is 14.9. The van der Waals surface area contributed by atoms with Gasteiger partial charge in [0.15, 0.2) is 0 Å². The Bertz CT molecular complexity index is 551. The molecule has 4 nitrogen and oxygen atoms in total. The van der Waals surface area contributed by atoms with E-state index in [0.717, 1.165) is 12.1 Å². The molecule has 2 rings (SSSR count). The average Bonchev–Trinajstić information content (AvgIpc) is 2.38. The van der Waals surface area contributed by atoms with Crippen LogP contribution in [0, 0.1) is 17.0 Å². The van der Waals surface area contributed by atoms with Crippen molar-refractivity contribution in [1.29, 1.82) is 0 Å². The number of hydrogen-bond donors (Lipinski definition) is 1. The molecule has 0 aromatic heterocycles. The van der Waals surface area contributed by atoms with Gasteiger partial charge < -0.3 is 10.0 Å². The Balaban J connectivity index is 2.11. The Hall–Kier alpha value is -1.98. The quantitative estimate of drug-likeness (QED) is 0.906. The number of hydrogen-bond acceptors (Lipinski definition) is 2. The van der Waals surface area contributed by atoms with Crippen molar-refractivity contribution in [2.24, 2.45) is 5.41 Å². The molecule has 1 amide bonds. The zero-order valence-corrected chi connectivity index (χ0v) is 11.0. The van der Waals surface area contributed by atoms with Crippen LogP contribution in [0.15, 0.2) is 18.2 Å². The third kappa shape index (κ3) is 2.64. The lowest BCUT2D eigenvalue weighted by Gasteiger charge is -2.36. The topological polar surface area (TPSA) is 57.6 Å². The van der Waals surface area contributed by atoms with E-state index in [-0.39, 0.29) is 18.7 Å². The van der Waals surface area contributed by atoms with Crippen molar-refractivity contribution in [3.63, 3.8) is 0 Å². The molecule has 0 spiro atoms. The first-order chi connectivity index (χ1) is 9.33. The Morgan fingerprint density at radius 3 is 2.35 bits per heavy atom. The van der Waals surface area contributed by atoms with Crippen molar-refractivity contribution in [2.45, 2.75) is 19.8 Å². The van der Waals surface area contributed by atoms with E-state index >= 15 is 0 Å². The van der Waals surface area contributed by atoms with Crippen LogP contribution in [0.5, 0.6) is 0 Å². The molecule has 1 aromatic carbocycles. The number of amides is 1. The molecule has 108 valence electrons. The molecule has 1 aromatic rings. The van der Waals surface area contributed by atoms with Crippen LogP contribution in [0.25, 0.3) is 0 Å². The third-order valence-electron chi connectivity index (χ3n) is 3.83. The van der Waals surface area contributed by atoms with Crippen molar-refractivity contribution >= 4 is 11.9 Å². The van der Waals surface area contributed by atoms with Crippen molar-refractivity contribution in [3.8, 4) is 0 Å². The highest BCUT2D eigenvalue weighted by molar-refractivity contribution is 5.94. The van der Waals surface area contributed by atoms with Gasteiger partial charge in [0, 0.05) is 19.2 Å². The van der Waals surface area contributed by atoms with Gasteiger partial charge in [0.2, 0.25) is 0 Å². The summed E-state index contributed by atoms with van der Waals surface area (Å²) in [6, 6.07) is 2.80. The predicted octanol–water partition coefficient (Wildman–Crippen LogP) is 2.29. The number of carboxylic acid groups (broad SMARTS) is 1. The largest absolute Gasteiger partial charge is 0.481 e. The van der Waals surface area contributed by atoms with E-state index in [1.807, 2.05) is 0 Å². The molecule has 6 heteroatoms. The van der Waals surface area contributed by atoms with Crippen LogP contribution in [0.4, 0.5) is 8.78 Å². The highest BCUT2D eigenvalue weighted by atomic mass is 19.1. The van der Waals surface area contributed by atoms with Gasteiger partial charge in [-0.1, -0.05) is 0 Å². The first-order valence-electron chi connectivity index (χ1n) is 6.31. The average molecular weight is 283 g/mol. The van der Waals surface area contributed by atoms with Gasteiger partial charge in [0.05, 0.1) is 11.0 Å². The van der Waals surface area contributed by atoms with Gasteiger partial charge in [-0.25, -0.2) is 8.78 Å². The maximum absolute atomic E-state index is 13.6. The Morgan fingerprint density at radius 1 is 1.25 bits per heavy atom. The van der Waals surface area contributed by atoms with Gasteiger partial charge >= 0.3 is 5.97 Å². The maximum Gasteiger partial charge on any atom is 0.309 e. The van der Waals surface area contributed by atoms with Crippen LogP contribution in [0.3, 0.4) is 0 Å². The lowest BCUT2D eigenvalue weighted by Crippen LogP contribution is -2.45. The molecule has 1 heterocycles. The fourth-order valence-electron chi connectivity index (χ4n) is 2.25. The van der Waals surface area contributed by atoms with Gasteiger partial charge in [-0.05, 0) is 31.9 Å². The van der Waals surface area contributed by atoms with Crippen LogP contribution in [-0.4, -0.2) is 35.0 Å². The highest BCUT2D eigenvalue weighted by Crippen LogP contribution is 2.31. The highest BCUT2D eigenvalue weighted by Gasteiger charge is 2.38. The summed E-state index contributed by atoms with van der Waals surface area (Å²) < 4.78 is 26.4. The number of rotatable bonds is 2. The van der Waals surface area contributed by atoms with E-state index in [1.54, 1.807) is 6.92 Å². The molecule has 1 fully saturated rings. The summed E-state index contributed by atoms with van der Waals surface area (Å²) in [5.74, 6) is -3.06. The smallest absolute Gasteiger partial charge is 0.309 e. The Kier molecular flexibility index (Phi) is 3.74. The lowest BCUT2D eigenvalue weighted by atomic mass is 9.80.